The number of ether oxygens (including phenoxy) is 1. The van der Waals surface area contributed by atoms with Crippen LogP contribution in [0.5, 0.6) is 5.75 Å². The van der Waals surface area contributed by atoms with Gasteiger partial charge < -0.3 is 4.74 Å². The van der Waals surface area contributed by atoms with Crippen LogP contribution in [0.2, 0.25) is 0 Å². The summed E-state index contributed by atoms with van der Waals surface area (Å²) in [6, 6.07) is 4.67. The first kappa shape index (κ1) is 20.9. The van der Waals surface area contributed by atoms with Crippen LogP contribution >= 0.6 is 0 Å². The van der Waals surface area contributed by atoms with Gasteiger partial charge >= 0.3 is 0 Å². The van der Waals surface area contributed by atoms with E-state index in [0.29, 0.717) is 11.3 Å². The summed E-state index contributed by atoms with van der Waals surface area (Å²) in [5.41, 5.74) is -0.0765. The molecule has 1 rings (SSSR count). The number of nitrogens with one attached hydrogen (secondary N) is 1. The Morgan fingerprint density at radius 3 is 2.17 bits per heavy atom. The number of aryl methyl sites for hydroxylation is 1. The van der Waals surface area contributed by atoms with E-state index in [-0.39, 0.29) is 18.0 Å². The van der Waals surface area contributed by atoms with Gasteiger partial charge in [-0.1, -0.05) is 0 Å². The quantitative estimate of drug-likeness (QED) is 0.773. The first-order valence-corrected chi connectivity index (χ1v) is 10.7. The van der Waals surface area contributed by atoms with E-state index in [1.165, 1.54) is 17.5 Å². The highest BCUT2D eigenvalue weighted by molar-refractivity contribution is 7.89. The van der Waals surface area contributed by atoms with Crippen LogP contribution in [0, 0.1) is 6.92 Å². The Morgan fingerprint density at radius 2 is 1.75 bits per heavy atom. The lowest BCUT2D eigenvalue weighted by molar-refractivity contribution is 0.254. The van der Waals surface area contributed by atoms with Gasteiger partial charge in [-0.2, -0.15) is 4.31 Å². The van der Waals surface area contributed by atoms with Crippen molar-refractivity contribution in [3.05, 3.63) is 23.8 Å². The minimum atomic E-state index is -3.73. The molecular formula is C15H26N2O5S2. The van der Waals surface area contributed by atoms with Gasteiger partial charge in [0.05, 0.1) is 18.3 Å². The van der Waals surface area contributed by atoms with E-state index >= 15 is 0 Å². The van der Waals surface area contributed by atoms with E-state index in [0.717, 1.165) is 6.26 Å². The Kier molecular flexibility index (Phi) is 6.43. The van der Waals surface area contributed by atoms with Crippen LogP contribution in [0.25, 0.3) is 0 Å². The molecule has 0 aliphatic carbocycles. The molecule has 0 spiro atoms. The summed E-state index contributed by atoms with van der Waals surface area (Å²) in [5, 5.41) is 0. The number of sulfonamides is 2. The fraction of sp³-hybridized carbons (Fsp3) is 0.600. The fourth-order valence-corrected chi connectivity index (χ4v) is 5.07. The average Bonchev–Trinajstić information content (AvgIpc) is 2.40. The Balaban J connectivity index is 2.90. The van der Waals surface area contributed by atoms with Gasteiger partial charge in [0.15, 0.2) is 0 Å². The molecule has 7 nitrogen and oxygen atoms in total. The zero-order valence-electron chi connectivity index (χ0n) is 15.0. The molecule has 0 saturated heterocycles. The van der Waals surface area contributed by atoms with E-state index < -0.39 is 25.6 Å². The minimum absolute atomic E-state index is 0.0157. The van der Waals surface area contributed by atoms with Crippen LogP contribution in [0.4, 0.5) is 0 Å². The lowest BCUT2D eigenvalue weighted by Gasteiger charge is -2.33. The highest BCUT2D eigenvalue weighted by Crippen LogP contribution is 2.21. The Bertz CT molecular complexity index is 781. The van der Waals surface area contributed by atoms with Gasteiger partial charge in [0, 0.05) is 18.6 Å². The monoisotopic (exact) mass is 378 g/mol. The van der Waals surface area contributed by atoms with Crippen LogP contribution in [-0.4, -0.2) is 53.1 Å². The zero-order valence-corrected chi connectivity index (χ0v) is 16.6. The van der Waals surface area contributed by atoms with Crippen molar-refractivity contribution in [2.45, 2.75) is 38.1 Å². The van der Waals surface area contributed by atoms with Gasteiger partial charge in [0.1, 0.15) is 5.75 Å². The number of nitrogens with zero attached hydrogens (tertiary/aromatic N) is 1. The number of hydrogen-bond donors (Lipinski definition) is 1. The van der Waals surface area contributed by atoms with Crippen LogP contribution < -0.4 is 9.46 Å². The number of hydrogen-bond acceptors (Lipinski definition) is 5. The van der Waals surface area contributed by atoms with E-state index in [2.05, 4.69) is 4.72 Å². The number of methoxy groups -OCH3 is 1. The van der Waals surface area contributed by atoms with E-state index in [4.69, 9.17) is 4.74 Å². The van der Waals surface area contributed by atoms with Gasteiger partial charge in [-0.25, -0.2) is 21.6 Å². The molecule has 0 saturated carbocycles. The third kappa shape index (κ3) is 5.44. The molecule has 0 atom stereocenters. The molecule has 0 bridgehead atoms. The van der Waals surface area contributed by atoms with Crippen molar-refractivity contribution in [2.75, 3.05) is 26.5 Å². The second-order valence-electron chi connectivity index (χ2n) is 6.54. The van der Waals surface area contributed by atoms with Crippen molar-refractivity contribution in [3.63, 3.8) is 0 Å². The van der Waals surface area contributed by atoms with Crippen LogP contribution in [0.3, 0.4) is 0 Å². The molecule has 1 aromatic carbocycles. The average molecular weight is 379 g/mol. The molecule has 0 aliphatic heterocycles. The molecular weight excluding hydrogens is 352 g/mol. The molecule has 1 aromatic rings. The summed E-state index contributed by atoms with van der Waals surface area (Å²) in [5.74, 6) is 0.572. The summed E-state index contributed by atoms with van der Waals surface area (Å²) in [4.78, 5) is 0.143. The van der Waals surface area contributed by atoms with Crippen molar-refractivity contribution in [2.24, 2.45) is 0 Å². The SMILES string of the molecule is COc1ccc(S(=O)(=O)NCCN(C(C)(C)C)S(C)(=O)=O)c(C)c1. The van der Waals surface area contributed by atoms with Crippen LogP contribution in [-0.2, 0) is 20.0 Å². The predicted octanol–water partition coefficient (Wildman–Crippen LogP) is 1.34. The maximum Gasteiger partial charge on any atom is 0.240 e. The van der Waals surface area contributed by atoms with Crippen molar-refractivity contribution >= 4 is 20.0 Å². The largest absolute Gasteiger partial charge is 0.497 e. The molecule has 0 aromatic heterocycles. The van der Waals surface area contributed by atoms with Gasteiger partial charge in [0.25, 0.3) is 0 Å². The molecule has 0 heterocycles. The molecule has 0 amide bonds. The molecule has 138 valence electrons. The topological polar surface area (TPSA) is 92.8 Å². The number of benzene rings is 1. The second-order valence-corrected chi connectivity index (χ2v) is 10.2. The van der Waals surface area contributed by atoms with Crippen LogP contribution in [0.15, 0.2) is 23.1 Å². The Labute approximate surface area is 145 Å². The molecule has 24 heavy (non-hydrogen) atoms. The second kappa shape index (κ2) is 7.38. The summed E-state index contributed by atoms with van der Waals surface area (Å²) < 4.78 is 57.3. The van der Waals surface area contributed by atoms with Gasteiger partial charge in [-0.15, -0.1) is 0 Å². The van der Waals surface area contributed by atoms with E-state index in [9.17, 15) is 16.8 Å². The van der Waals surface area contributed by atoms with Crippen molar-refractivity contribution in [1.82, 2.24) is 9.03 Å². The fourth-order valence-electron chi connectivity index (χ4n) is 2.41. The molecule has 9 heteroatoms. The zero-order chi connectivity index (χ0) is 18.8. The maximum atomic E-state index is 12.4. The minimum Gasteiger partial charge on any atom is -0.497 e. The molecule has 0 unspecified atom stereocenters. The molecule has 0 aliphatic rings. The van der Waals surface area contributed by atoms with E-state index in [1.54, 1.807) is 39.8 Å². The standard InChI is InChI=1S/C15H26N2O5S2/c1-12-11-13(22-5)7-8-14(12)24(20,21)16-9-10-17(15(2,3)4)23(6,18)19/h7-8,11,16H,9-10H2,1-6H3. The predicted molar refractivity (Wildman–Crippen MR) is 94.2 cm³/mol. The Hall–Kier alpha value is -1.16. The molecule has 1 N–H and O–H groups in total. The first-order valence-electron chi connectivity index (χ1n) is 7.41. The highest BCUT2D eigenvalue weighted by atomic mass is 32.2. The van der Waals surface area contributed by atoms with Crippen molar-refractivity contribution in [1.29, 1.82) is 0 Å². The Morgan fingerprint density at radius 1 is 1.17 bits per heavy atom. The third-order valence-corrected chi connectivity index (χ3v) is 6.58. The maximum absolute atomic E-state index is 12.4. The van der Waals surface area contributed by atoms with E-state index in [1.807, 2.05) is 0 Å². The van der Waals surface area contributed by atoms with Gasteiger partial charge in [-0.05, 0) is 51.5 Å². The van der Waals surface area contributed by atoms with Crippen LogP contribution in [0.1, 0.15) is 26.3 Å². The third-order valence-electron chi connectivity index (χ3n) is 3.43. The summed E-state index contributed by atoms with van der Waals surface area (Å²) in [6.07, 6.45) is 1.11. The number of rotatable bonds is 7. The molecule has 0 fully saturated rings. The highest BCUT2D eigenvalue weighted by Gasteiger charge is 2.29. The van der Waals surface area contributed by atoms with Crippen molar-refractivity contribution in [3.8, 4) is 5.75 Å². The lowest BCUT2D eigenvalue weighted by Crippen LogP contribution is -2.48. The lowest BCUT2D eigenvalue weighted by atomic mass is 10.1. The summed E-state index contributed by atoms with van der Waals surface area (Å²) in [7, 11) is -5.66. The normalized spacial score (nSPS) is 13.3. The first-order chi connectivity index (χ1) is 10.8. The van der Waals surface area contributed by atoms with Gasteiger partial charge in [-0.3, -0.25) is 0 Å². The summed E-state index contributed by atoms with van der Waals surface area (Å²) in [6.45, 7) is 6.99. The van der Waals surface area contributed by atoms with Crippen molar-refractivity contribution < 1.29 is 21.6 Å². The van der Waals surface area contributed by atoms with Gasteiger partial charge in [0.2, 0.25) is 20.0 Å². The smallest absolute Gasteiger partial charge is 0.240 e. The molecule has 0 radical (unpaired) electrons. The summed E-state index contributed by atoms with van der Waals surface area (Å²) >= 11 is 0.